The third kappa shape index (κ3) is 4.90. The molecule has 11 heteroatoms. The number of aliphatic carboxylic acids is 1. The molecular formula is C24H23N5O5S. The van der Waals surface area contributed by atoms with Gasteiger partial charge in [-0.15, -0.1) is 0 Å². The van der Waals surface area contributed by atoms with Crippen molar-refractivity contribution in [1.82, 2.24) is 14.4 Å². The second kappa shape index (κ2) is 10.0. The average molecular weight is 494 g/mol. The van der Waals surface area contributed by atoms with Crippen molar-refractivity contribution in [3.63, 3.8) is 0 Å². The van der Waals surface area contributed by atoms with E-state index in [0.717, 1.165) is 16.8 Å². The number of thioether (sulfide) groups is 1. The van der Waals surface area contributed by atoms with Crippen LogP contribution in [0.4, 0.5) is 5.69 Å². The monoisotopic (exact) mass is 493 g/mol. The van der Waals surface area contributed by atoms with Crippen molar-refractivity contribution in [2.24, 2.45) is 17.1 Å². The Balaban J connectivity index is 1.74. The van der Waals surface area contributed by atoms with Crippen molar-refractivity contribution in [1.29, 1.82) is 0 Å². The van der Waals surface area contributed by atoms with Crippen molar-refractivity contribution < 1.29 is 19.4 Å². The van der Waals surface area contributed by atoms with Crippen LogP contribution in [0.1, 0.15) is 17.7 Å². The number of para-hydroxylation sites is 1. The summed E-state index contributed by atoms with van der Waals surface area (Å²) < 4.78 is 8.30. The summed E-state index contributed by atoms with van der Waals surface area (Å²) in [6.45, 7) is 1.75. The topological polar surface area (TPSA) is 118 Å². The summed E-state index contributed by atoms with van der Waals surface area (Å²) in [5.41, 5.74) is 1.74. The van der Waals surface area contributed by atoms with E-state index in [4.69, 9.17) is 4.74 Å². The van der Waals surface area contributed by atoms with E-state index in [9.17, 15) is 19.5 Å². The zero-order chi connectivity index (χ0) is 25.1. The van der Waals surface area contributed by atoms with Crippen LogP contribution in [-0.4, -0.2) is 55.1 Å². The summed E-state index contributed by atoms with van der Waals surface area (Å²) in [5, 5.41) is 13.8. The van der Waals surface area contributed by atoms with E-state index in [1.54, 1.807) is 62.2 Å². The zero-order valence-corrected chi connectivity index (χ0v) is 20.1. The molecule has 2 heterocycles. The highest BCUT2D eigenvalue weighted by Crippen LogP contribution is 2.32. The number of benzene rings is 2. The first-order valence-corrected chi connectivity index (χ1v) is 11.5. The number of hydrogen-bond donors (Lipinski definition) is 1. The molecule has 0 spiro atoms. The van der Waals surface area contributed by atoms with Crippen LogP contribution in [0, 0.1) is 6.92 Å². The molecule has 2 aromatic carbocycles. The fourth-order valence-corrected chi connectivity index (χ4v) is 4.58. The molecule has 35 heavy (non-hydrogen) atoms. The Morgan fingerprint density at radius 1 is 1.14 bits per heavy atom. The van der Waals surface area contributed by atoms with Gasteiger partial charge in [0.25, 0.3) is 11.5 Å². The van der Waals surface area contributed by atoms with Gasteiger partial charge in [0.05, 0.1) is 31.1 Å². The molecule has 0 unspecified atom stereocenters. The van der Waals surface area contributed by atoms with Gasteiger partial charge in [-0.3, -0.25) is 19.1 Å². The van der Waals surface area contributed by atoms with Crippen molar-refractivity contribution in [3.8, 4) is 11.4 Å². The number of aromatic nitrogens is 2. The van der Waals surface area contributed by atoms with Gasteiger partial charge in [0.1, 0.15) is 11.0 Å². The minimum absolute atomic E-state index is 0.136. The maximum Gasteiger partial charge on any atom is 0.305 e. The fourth-order valence-electron chi connectivity index (χ4n) is 3.52. The fraction of sp³-hybridized carbons (Fsp3) is 0.208. The van der Waals surface area contributed by atoms with Crippen LogP contribution in [0.2, 0.25) is 0 Å². The predicted molar refractivity (Wildman–Crippen MR) is 134 cm³/mol. The number of carbonyl (C=O) groups excluding carboxylic acids is 1. The number of carboxylic acid groups (broad SMARTS) is 1. The zero-order valence-electron chi connectivity index (χ0n) is 19.3. The Bertz CT molecular complexity index is 1380. The molecule has 0 saturated carbocycles. The molecule has 0 bridgehead atoms. The molecule has 1 aliphatic heterocycles. The first-order chi connectivity index (χ1) is 16.8. The molecule has 0 radical (unpaired) electrons. The van der Waals surface area contributed by atoms with Crippen LogP contribution in [0.5, 0.6) is 5.75 Å². The van der Waals surface area contributed by atoms with Crippen LogP contribution >= 0.6 is 11.8 Å². The normalized spacial score (nSPS) is 17.0. The van der Waals surface area contributed by atoms with Crippen LogP contribution in [0.25, 0.3) is 5.69 Å². The maximum atomic E-state index is 13.3. The van der Waals surface area contributed by atoms with Crippen molar-refractivity contribution in [3.05, 3.63) is 76.2 Å². The lowest BCUT2D eigenvalue weighted by Gasteiger charge is -2.09. The summed E-state index contributed by atoms with van der Waals surface area (Å²) >= 11 is 0.974. The first kappa shape index (κ1) is 24.0. The first-order valence-electron chi connectivity index (χ1n) is 10.6. The van der Waals surface area contributed by atoms with Gasteiger partial charge < -0.3 is 9.84 Å². The molecule has 0 aliphatic carbocycles. The number of nitrogens with zero attached hydrogens (tertiary/aromatic N) is 5. The van der Waals surface area contributed by atoms with E-state index < -0.39 is 17.1 Å². The van der Waals surface area contributed by atoms with Crippen molar-refractivity contribution >= 4 is 40.7 Å². The van der Waals surface area contributed by atoms with Gasteiger partial charge in [-0.2, -0.15) is 10.1 Å². The van der Waals surface area contributed by atoms with Gasteiger partial charge in [0, 0.05) is 7.05 Å². The minimum Gasteiger partial charge on any atom is -0.497 e. The number of methoxy groups -OCH3 is 1. The summed E-state index contributed by atoms with van der Waals surface area (Å²) in [7, 11) is 3.30. The molecule has 1 amide bonds. The highest BCUT2D eigenvalue weighted by atomic mass is 32.2. The highest BCUT2D eigenvalue weighted by molar-refractivity contribution is 8.15. The number of ether oxygens (including phenoxy) is 1. The molecule has 1 fully saturated rings. The molecule has 1 saturated heterocycles. The van der Waals surface area contributed by atoms with Crippen molar-refractivity contribution in [2.75, 3.05) is 7.11 Å². The van der Waals surface area contributed by atoms with E-state index in [-0.39, 0.29) is 22.8 Å². The van der Waals surface area contributed by atoms with E-state index in [2.05, 4.69) is 10.1 Å². The van der Waals surface area contributed by atoms with E-state index in [0.29, 0.717) is 22.7 Å². The minimum atomic E-state index is -1.11. The molecule has 4 rings (SSSR count). The molecule has 1 aliphatic rings. The Kier molecular flexibility index (Phi) is 6.87. The summed E-state index contributed by atoms with van der Waals surface area (Å²) in [4.78, 5) is 42.0. The number of amides is 1. The van der Waals surface area contributed by atoms with Crippen LogP contribution in [0.3, 0.4) is 0 Å². The molecule has 180 valence electrons. The quantitative estimate of drug-likeness (QED) is 0.506. The Morgan fingerprint density at radius 3 is 2.46 bits per heavy atom. The van der Waals surface area contributed by atoms with Crippen LogP contribution < -0.4 is 10.3 Å². The van der Waals surface area contributed by atoms with Crippen LogP contribution in [0.15, 0.2) is 69.5 Å². The number of aliphatic imine (C=N–C) groups is 1. The summed E-state index contributed by atoms with van der Waals surface area (Å²) in [5.74, 6) is -0.954. The van der Waals surface area contributed by atoms with Gasteiger partial charge in [-0.25, -0.2) is 9.67 Å². The molecule has 10 nitrogen and oxygen atoms in total. The van der Waals surface area contributed by atoms with Gasteiger partial charge >= 0.3 is 5.97 Å². The highest BCUT2D eigenvalue weighted by Gasteiger charge is 2.40. The molecule has 3 aromatic rings. The molecule has 1 N–H and O–H groups in total. The predicted octanol–water partition coefficient (Wildman–Crippen LogP) is 2.93. The largest absolute Gasteiger partial charge is 0.497 e. The third-order valence-corrected chi connectivity index (χ3v) is 6.57. The lowest BCUT2D eigenvalue weighted by atomic mass is 10.2. The molecule has 1 atom stereocenters. The van der Waals surface area contributed by atoms with E-state index in [1.807, 2.05) is 18.2 Å². The molecular weight excluding hydrogens is 470 g/mol. The smallest absolute Gasteiger partial charge is 0.305 e. The second-order valence-corrected chi connectivity index (χ2v) is 8.85. The number of carboxylic acids is 1. The third-order valence-electron chi connectivity index (χ3n) is 5.44. The van der Waals surface area contributed by atoms with Gasteiger partial charge in [-0.1, -0.05) is 30.0 Å². The maximum absolute atomic E-state index is 13.3. The van der Waals surface area contributed by atoms with Crippen LogP contribution in [-0.2, 0) is 16.6 Å². The average Bonchev–Trinajstić information content (AvgIpc) is 3.25. The number of rotatable bonds is 7. The summed E-state index contributed by atoms with van der Waals surface area (Å²) in [6, 6.07) is 16.2. The lowest BCUT2D eigenvalue weighted by Crippen LogP contribution is -2.28. The number of hydrazone groups is 1. The standard InChI is InChI=1S/C24H23N5O5S/c1-15-21(23(33)29(27(15)2)17-7-5-4-6-8-17)26-24-28(22(32)19(35-24)13-20(30)31)25-14-16-9-11-18(34-3)12-10-16/h4-12,14,19H,13H2,1-3H3,(H,30,31)/b25-14-,26-24?/t19-/m0/s1. The number of hydrogen-bond acceptors (Lipinski definition) is 7. The van der Waals surface area contributed by atoms with Gasteiger partial charge in [-0.05, 0) is 48.9 Å². The Morgan fingerprint density at radius 2 is 1.83 bits per heavy atom. The summed E-state index contributed by atoms with van der Waals surface area (Å²) in [6.07, 6.45) is 1.08. The SMILES string of the molecule is COc1ccc(/C=N\N2C(=O)[C@H](CC(=O)O)SC2=Nc2c(C)n(C)n(-c3ccccc3)c2=O)cc1. The molecule has 1 aromatic heterocycles. The van der Waals surface area contributed by atoms with Gasteiger partial charge in [0.2, 0.25) is 0 Å². The van der Waals surface area contributed by atoms with Crippen molar-refractivity contribution in [2.45, 2.75) is 18.6 Å². The number of carbonyl (C=O) groups is 2. The van der Waals surface area contributed by atoms with E-state index in [1.165, 1.54) is 10.9 Å². The lowest BCUT2D eigenvalue weighted by molar-refractivity contribution is -0.139. The number of amidine groups is 1. The van der Waals surface area contributed by atoms with Gasteiger partial charge in [0.15, 0.2) is 10.9 Å². The van der Waals surface area contributed by atoms with E-state index >= 15 is 0 Å². The Hall–Kier alpha value is -4.12. The second-order valence-electron chi connectivity index (χ2n) is 7.68. The Labute approximate surface area is 205 Å².